The molecule has 1 aromatic carbocycles. The maximum atomic E-state index is 6.10. The van der Waals surface area contributed by atoms with Crippen molar-refractivity contribution >= 4 is 11.6 Å². The van der Waals surface area contributed by atoms with E-state index in [1.807, 2.05) is 18.2 Å². The molecule has 0 heterocycles. The number of ether oxygens (including phenoxy) is 1. The minimum absolute atomic E-state index is 0.650. The Labute approximate surface area is 135 Å². The molecule has 0 bridgehead atoms. The molecular weight excluding hydrogens is 282 g/mol. The summed E-state index contributed by atoms with van der Waals surface area (Å²) in [5, 5.41) is 4.19. The standard InChI is InChI=1S/C18H30ClNO/c1-4-7-8-15(6-3)14-21-18-10-9-17(19)12-16(18)13-20-11-5-2/h9-10,12,15,20H,4-8,11,13-14H2,1-3H3. The van der Waals surface area contributed by atoms with E-state index in [1.54, 1.807) is 0 Å². The Balaban J connectivity index is 2.59. The van der Waals surface area contributed by atoms with Gasteiger partial charge in [-0.25, -0.2) is 0 Å². The van der Waals surface area contributed by atoms with E-state index in [0.717, 1.165) is 42.5 Å². The zero-order chi connectivity index (χ0) is 15.5. The Kier molecular flexibility index (Phi) is 9.53. The fourth-order valence-corrected chi connectivity index (χ4v) is 2.53. The van der Waals surface area contributed by atoms with Gasteiger partial charge in [0.05, 0.1) is 6.61 Å². The number of halogens is 1. The van der Waals surface area contributed by atoms with Gasteiger partial charge in [-0.05, 0) is 43.5 Å². The lowest BCUT2D eigenvalue weighted by atomic mass is 10.0. The van der Waals surface area contributed by atoms with E-state index in [9.17, 15) is 0 Å². The maximum Gasteiger partial charge on any atom is 0.123 e. The van der Waals surface area contributed by atoms with Gasteiger partial charge in [-0.2, -0.15) is 0 Å². The van der Waals surface area contributed by atoms with Gasteiger partial charge in [0.25, 0.3) is 0 Å². The minimum Gasteiger partial charge on any atom is -0.493 e. The third kappa shape index (κ3) is 7.19. The van der Waals surface area contributed by atoms with Crippen molar-refractivity contribution in [2.24, 2.45) is 5.92 Å². The van der Waals surface area contributed by atoms with Crippen LogP contribution in [0.1, 0.15) is 58.4 Å². The summed E-state index contributed by atoms with van der Waals surface area (Å²) in [7, 11) is 0. The molecule has 3 heteroatoms. The highest BCUT2D eigenvalue weighted by Gasteiger charge is 2.10. The van der Waals surface area contributed by atoms with E-state index in [0.29, 0.717) is 5.92 Å². The SMILES string of the molecule is CCCCC(CC)COc1ccc(Cl)cc1CNCCC. The molecule has 120 valence electrons. The van der Waals surface area contributed by atoms with Crippen LogP contribution in [-0.4, -0.2) is 13.2 Å². The molecule has 1 aromatic rings. The molecule has 0 aliphatic rings. The molecular formula is C18H30ClNO. The predicted molar refractivity (Wildman–Crippen MR) is 92.3 cm³/mol. The maximum absolute atomic E-state index is 6.10. The van der Waals surface area contributed by atoms with Crippen molar-refractivity contribution < 1.29 is 4.74 Å². The molecule has 0 saturated carbocycles. The molecule has 1 N–H and O–H groups in total. The van der Waals surface area contributed by atoms with Crippen LogP contribution in [0.3, 0.4) is 0 Å². The van der Waals surface area contributed by atoms with Gasteiger partial charge in [-0.1, -0.05) is 51.6 Å². The minimum atomic E-state index is 0.650. The summed E-state index contributed by atoms with van der Waals surface area (Å²) in [6, 6.07) is 5.91. The number of nitrogens with one attached hydrogen (secondary N) is 1. The summed E-state index contributed by atoms with van der Waals surface area (Å²) in [6.45, 7) is 9.29. The summed E-state index contributed by atoms with van der Waals surface area (Å²) >= 11 is 6.10. The lowest BCUT2D eigenvalue weighted by Crippen LogP contribution is -2.16. The van der Waals surface area contributed by atoms with Gasteiger partial charge >= 0.3 is 0 Å². The van der Waals surface area contributed by atoms with Crippen LogP contribution >= 0.6 is 11.6 Å². The average molecular weight is 312 g/mol. The van der Waals surface area contributed by atoms with E-state index in [2.05, 4.69) is 26.1 Å². The zero-order valence-corrected chi connectivity index (χ0v) is 14.5. The topological polar surface area (TPSA) is 21.3 Å². The van der Waals surface area contributed by atoms with Crippen LogP contribution in [0.25, 0.3) is 0 Å². The lowest BCUT2D eigenvalue weighted by molar-refractivity contribution is 0.231. The van der Waals surface area contributed by atoms with Crippen molar-refractivity contribution in [2.45, 2.75) is 59.4 Å². The first-order chi connectivity index (χ1) is 10.2. The molecule has 21 heavy (non-hydrogen) atoms. The molecule has 1 atom stereocenters. The first-order valence-electron chi connectivity index (χ1n) is 8.33. The Morgan fingerprint density at radius 2 is 2.00 bits per heavy atom. The van der Waals surface area contributed by atoms with E-state index in [-0.39, 0.29) is 0 Å². The first-order valence-corrected chi connectivity index (χ1v) is 8.70. The molecule has 0 fully saturated rings. The Morgan fingerprint density at radius 3 is 2.67 bits per heavy atom. The summed E-state index contributed by atoms with van der Waals surface area (Å²) in [5.41, 5.74) is 1.15. The predicted octanol–water partition coefficient (Wildman–Crippen LogP) is 5.43. The second kappa shape index (κ2) is 10.9. The fourth-order valence-electron chi connectivity index (χ4n) is 2.33. The summed E-state index contributed by atoms with van der Waals surface area (Å²) in [6.07, 6.45) is 6.10. The summed E-state index contributed by atoms with van der Waals surface area (Å²) in [5.74, 6) is 1.62. The number of hydrogen-bond acceptors (Lipinski definition) is 2. The molecule has 1 unspecified atom stereocenters. The third-order valence-electron chi connectivity index (χ3n) is 3.78. The van der Waals surface area contributed by atoms with Gasteiger partial charge in [0, 0.05) is 17.1 Å². The van der Waals surface area contributed by atoms with Crippen LogP contribution in [0.4, 0.5) is 0 Å². The van der Waals surface area contributed by atoms with Gasteiger partial charge < -0.3 is 10.1 Å². The lowest BCUT2D eigenvalue weighted by Gasteiger charge is -2.18. The van der Waals surface area contributed by atoms with Gasteiger partial charge in [-0.3, -0.25) is 0 Å². The highest BCUT2D eigenvalue weighted by molar-refractivity contribution is 6.30. The number of rotatable bonds is 11. The van der Waals surface area contributed by atoms with Crippen LogP contribution in [-0.2, 0) is 6.54 Å². The van der Waals surface area contributed by atoms with Crippen molar-refractivity contribution in [3.63, 3.8) is 0 Å². The highest BCUT2D eigenvalue weighted by atomic mass is 35.5. The van der Waals surface area contributed by atoms with E-state index >= 15 is 0 Å². The van der Waals surface area contributed by atoms with E-state index < -0.39 is 0 Å². The summed E-state index contributed by atoms with van der Waals surface area (Å²) < 4.78 is 6.07. The third-order valence-corrected chi connectivity index (χ3v) is 4.02. The smallest absolute Gasteiger partial charge is 0.123 e. The molecule has 0 spiro atoms. The summed E-state index contributed by atoms with van der Waals surface area (Å²) in [4.78, 5) is 0. The van der Waals surface area contributed by atoms with Gasteiger partial charge in [0.1, 0.15) is 5.75 Å². The van der Waals surface area contributed by atoms with E-state index in [1.165, 1.54) is 25.7 Å². The molecule has 1 rings (SSSR count). The van der Waals surface area contributed by atoms with E-state index in [4.69, 9.17) is 16.3 Å². The second-order valence-electron chi connectivity index (χ2n) is 5.66. The quantitative estimate of drug-likeness (QED) is 0.550. The number of hydrogen-bond donors (Lipinski definition) is 1. The highest BCUT2D eigenvalue weighted by Crippen LogP contribution is 2.24. The molecule has 0 amide bonds. The molecule has 0 aliphatic carbocycles. The van der Waals surface area contributed by atoms with Crippen molar-refractivity contribution in [1.29, 1.82) is 0 Å². The van der Waals surface area contributed by atoms with Crippen molar-refractivity contribution in [2.75, 3.05) is 13.2 Å². The Morgan fingerprint density at radius 1 is 1.19 bits per heavy atom. The molecule has 0 aromatic heterocycles. The van der Waals surface area contributed by atoms with Crippen LogP contribution < -0.4 is 10.1 Å². The largest absolute Gasteiger partial charge is 0.493 e. The Bertz CT molecular complexity index is 395. The van der Waals surface area contributed by atoms with Crippen molar-refractivity contribution in [3.8, 4) is 5.75 Å². The van der Waals surface area contributed by atoms with Crippen molar-refractivity contribution in [3.05, 3.63) is 28.8 Å². The molecule has 0 saturated heterocycles. The zero-order valence-electron chi connectivity index (χ0n) is 13.8. The van der Waals surface area contributed by atoms with Gasteiger partial charge in [-0.15, -0.1) is 0 Å². The molecule has 0 aliphatic heterocycles. The van der Waals surface area contributed by atoms with Crippen LogP contribution in [0.5, 0.6) is 5.75 Å². The van der Waals surface area contributed by atoms with Gasteiger partial charge in [0.15, 0.2) is 0 Å². The van der Waals surface area contributed by atoms with Crippen molar-refractivity contribution in [1.82, 2.24) is 5.32 Å². The van der Waals surface area contributed by atoms with Crippen LogP contribution in [0.2, 0.25) is 5.02 Å². The van der Waals surface area contributed by atoms with Crippen LogP contribution in [0, 0.1) is 5.92 Å². The first kappa shape index (κ1) is 18.3. The van der Waals surface area contributed by atoms with Gasteiger partial charge in [0.2, 0.25) is 0 Å². The average Bonchev–Trinajstić information content (AvgIpc) is 2.49. The Hall–Kier alpha value is -0.730. The normalized spacial score (nSPS) is 12.4. The fraction of sp³-hybridized carbons (Fsp3) is 0.667. The number of benzene rings is 1. The molecule has 0 radical (unpaired) electrons. The second-order valence-corrected chi connectivity index (χ2v) is 6.09. The monoisotopic (exact) mass is 311 g/mol. The van der Waals surface area contributed by atoms with Crippen LogP contribution in [0.15, 0.2) is 18.2 Å². The molecule has 2 nitrogen and oxygen atoms in total. The number of unbranched alkanes of at least 4 members (excludes halogenated alkanes) is 1.